The third-order valence-corrected chi connectivity index (χ3v) is 1.35. The van der Waals surface area contributed by atoms with Crippen LogP contribution >= 0.6 is 0 Å². The summed E-state index contributed by atoms with van der Waals surface area (Å²) in [7, 11) is 0. The summed E-state index contributed by atoms with van der Waals surface area (Å²) in [6.07, 6.45) is 2.08. The molecule has 0 aromatic heterocycles. The van der Waals surface area contributed by atoms with Gasteiger partial charge in [0.2, 0.25) is 5.91 Å². The molecule has 0 aliphatic rings. The maximum atomic E-state index is 10.9. The van der Waals surface area contributed by atoms with E-state index in [9.17, 15) is 4.79 Å². The second kappa shape index (κ2) is 7.88. The monoisotopic (exact) mass is 170 g/mol. The molecule has 0 aromatic rings. The smallest absolute Gasteiger partial charge is 0.219 e. The van der Waals surface area contributed by atoms with Crippen molar-refractivity contribution in [3.63, 3.8) is 0 Å². The van der Waals surface area contributed by atoms with Crippen molar-refractivity contribution in [2.75, 3.05) is 13.1 Å². The summed E-state index contributed by atoms with van der Waals surface area (Å²) in [5, 5.41) is 6.06. The van der Waals surface area contributed by atoms with Gasteiger partial charge in [-0.3, -0.25) is 4.79 Å². The van der Waals surface area contributed by atoms with Crippen LogP contribution in [0.3, 0.4) is 0 Å². The van der Waals surface area contributed by atoms with Crippen LogP contribution in [0.25, 0.3) is 10.4 Å². The fourth-order valence-electron chi connectivity index (χ4n) is 0.798. The van der Waals surface area contributed by atoms with Crippen LogP contribution in [0.1, 0.15) is 26.2 Å². The van der Waals surface area contributed by atoms with E-state index in [1.54, 1.807) is 0 Å². The van der Waals surface area contributed by atoms with Gasteiger partial charge in [0.25, 0.3) is 0 Å². The van der Waals surface area contributed by atoms with E-state index in [1.807, 2.05) is 6.92 Å². The lowest BCUT2D eigenvalue weighted by atomic mass is 10.2. The molecule has 0 spiro atoms. The highest BCUT2D eigenvalue weighted by molar-refractivity contribution is 5.75. The zero-order chi connectivity index (χ0) is 9.23. The minimum Gasteiger partial charge on any atom is -0.356 e. The largest absolute Gasteiger partial charge is 0.356 e. The molecule has 0 heterocycles. The molecule has 1 amide bonds. The Hall–Kier alpha value is -1.22. The minimum atomic E-state index is 0.0680. The van der Waals surface area contributed by atoms with Gasteiger partial charge in [-0.25, -0.2) is 0 Å². The molecule has 0 aliphatic carbocycles. The van der Waals surface area contributed by atoms with Gasteiger partial charge in [-0.15, -0.1) is 0 Å². The number of carbonyl (C=O) groups is 1. The van der Waals surface area contributed by atoms with Gasteiger partial charge in [0.05, 0.1) is 0 Å². The molecule has 0 bridgehead atoms. The van der Waals surface area contributed by atoms with Gasteiger partial charge in [0.15, 0.2) is 0 Å². The van der Waals surface area contributed by atoms with Gasteiger partial charge in [-0.1, -0.05) is 5.11 Å². The molecule has 0 aromatic carbocycles. The zero-order valence-corrected chi connectivity index (χ0v) is 7.29. The Balaban J connectivity index is 3.19. The number of amides is 1. The molecule has 0 rings (SSSR count). The second-order valence-corrected chi connectivity index (χ2v) is 2.37. The first-order valence-electron chi connectivity index (χ1n) is 4.08. The number of carbonyl (C=O) groups excluding carboxylic acids is 1. The molecule has 12 heavy (non-hydrogen) atoms. The summed E-state index contributed by atoms with van der Waals surface area (Å²) < 4.78 is 0. The summed E-state index contributed by atoms with van der Waals surface area (Å²) in [6, 6.07) is 0. The predicted molar refractivity (Wildman–Crippen MR) is 46.5 cm³/mol. The summed E-state index contributed by atoms with van der Waals surface area (Å²) in [4.78, 5) is 13.5. The highest BCUT2D eigenvalue weighted by Crippen LogP contribution is 1.95. The lowest BCUT2D eigenvalue weighted by Crippen LogP contribution is -2.22. The highest BCUT2D eigenvalue weighted by Gasteiger charge is 1.96. The molecule has 5 nitrogen and oxygen atoms in total. The van der Waals surface area contributed by atoms with Gasteiger partial charge >= 0.3 is 0 Å². The Morgan fingerprint density at radius 1 is 1.58 bits per heavy atom. The lowest BCUT2D eigenvalue weighted by molar-refractivity contribution is -0.121. The number of nitrogens with one attached hydrogen (secondary N) is 1. The molecule has 0 radical (unpaired) electrons. The molecular weight excluding hydrogens is 156 g/mol. The molecule has 0 fully saturated rings. The Morgan fingerprint density at radius 3 is 2.92 bits per heavy atom. The molecular formula is C7H14N4O. The van der Waals surface area contributed by atoms with E-state index in [1.165, 1.54) is 0 Å². The Kier molecular flexibility index (Phi) is 7.08. The van der Waals surface area contributed by atoms with Crippen LogP contribution in [0.4, 0.5) is 0 Å². The fourth-order valence-corrected chi connectivity index (χ4v) is 0.798. The molecule has 68 valence electrons. The van der Waals surface area contributed by atoms with Crippen molar-refractivity contribution in [1.82, 2.24) is 5.32 Å². The average molecular weight is 170 g/mol. The van der Waals surface area contributed by atoms with Crippen molar-refractivity contribution >= 4 is 5.91 Å². The minimum absolute atomic E-state index is 0.0680. The third kappa shape index (κ3) is 6.89. The fraction of sp³-hybridized carbons (Fsp3) is 0.857. The second-order valence-electron chi connectivity index (χ2n) is 2.37. The number of hydrogen-bond donors (Lipinski definition) is 1. The summed E-state index contributed by atoms with van der Waals surface area (Å²) in [6.45, 7) is 3.04. The van der Waals surface area contributed by atoms with Crippen LogP contribution in [0.5, 0.6) is 0 Å². The summed E-state index contributed by atoms with van der Waals surface area (Å²) in [5.41, 5.74) is 7.94. The molecule has 1 N–H and O–H groups in total. The van der Waals surface area contributed by atoms with E-state index in [2.05, 4.69) is 15.3 Å². The van der Waals surface area contributed by atoms with Crippen LogP contribution in [-0.4, -0.2) is 19.0 Å². The maximum absolute atomic E-state index is 10.9. The van der Waals surface area contributed by atoms with Gasteiger partial charge in [0, 0.05) is 24.4 Å². The highest BCUT2D eigenvalue weighted by atomic mass is 16.1. The normalized spacial score (nSPS) is 8.75. The molecule has 0 saturated carbocycles. The van der Waals surface area contributed by atoms with Crippen LogP contribution in [-0.2, 0) is 4.79 Å². The first-order valence-corrected chi connectivity index (χ1v) is 4.08. The predicted octanol–water partition coefficient (Wildman–Crippen LogP) is 1.60. The van der Waals surface area contributed by atoms with Crippen LogP contribution < -0.4 is 5.32 Å². The first-order chi connectivity index (χ1) is 5.81. The van der Waals surface area contributed by atoms with Crippen LogP contribution in [0.15, 0.2) is 5.11 Å². The van der Waals surface area contributed by atoms with Crippen molar-refractivity contribution in [1.29, 1.82) is 0 Å². The standard InChI is InChI=1S/C7H14N4O/c1-2-9-7(12)5-3-4-6-10-11-8/h2-6H2,1H3,(H,9,12). The Morgan fingerprint density at radius 2 is 2.33 bits per heavy atom. The molecule has 0 saturated heterocycles. The zero-order valence-electron chi connectivity index (χ0n) is 7.29. The molecule has 5 heteroatoms. The molecule has 0 atom stereocenters. The van der Waals surface area contributed by atoms with Gasteiger partial charge in [0.1, 0.15) is 0 Å². The number of rotatable bonds is 6. The number of unbranched alkanes of at least 4 members (excludes halogenated alkanes) is 1. The Labute approximate surface area is 71.8 Å². The van der Waals surface area contributed by atoms with E-state index in [-0.39, 0.29) is 5.91 Å². The topological polar surface area (TPSA) is 77.9 Å². The maximum Gasteiger partial charge on any atom is 0.219 e. The number of nitrogens with zero attached hydrogens (tertiary/aromatic N) is 3. The van der Waals surface area contributed by atoms with E-state index in [0.717, 1.165) is 12.8 Å². The van der Waals surface area contributed by atoms with E-state index < -0.39 is 0 Å². The van der Waals surface area contributed by atoms with E-state index >= 15 is 0 Å². The van der Waals surface area contributed by atoms with Gasteiger partial charge in [-0.05, 0) is 25.3 Å². The number of hydrogen-bond acceptors (Lipinski definition) is 2. The van der Waals surface area contributed by atoms with Crippen molar-refractivity contribution in [3.05, 3.63) is 10.4 Å². The van der Waals surface area contributed by atoms with Crippen molar-refractivity contribution < 1.29 is 4.79 Å². The lowest BCUT2D eigenvalue weighted by Gasteiger charge is -1.99. The third-order valence-electron chi connectivity index (χ3n) is 1.35. The number of azide groups is 1. The quantitative estimate of drug-likeness (QED) is 0.279. The van der Waals surface area contributed by atoms with Crippen LogP contribution in [0, 0.1) is 0 Å². The van der Waals surface area contributed by atoms with Crippen molar-refractivity contribution in [2.45, 2.75) is 26.2 Å². The molecule has 0 unspecified atom stereocenters. The summed E-state index contributed by atoms with van der Waals surface area (Å²) >= 11 is 0. The first kappa shape index (κ1) is 10.8. The summed E-state index contributed by atoms with van der Waals surface area (Å²) in [5.74, 6) is 0.0680. The van der Waals surface area contributed by atoms with Crippen molar-refractivity contribution in [3.8, 4) is 0 Å². The SMILES string of the molecule is CCNC(=O)CCCCN=[N+]=[N-]. The van der Waals surface area contributed by atoms with Crippen molar-refractivity contribution in [2.24, 2.45) is 5.11 Å². The van der Waals surface area contributed by atoms with E-state index in [0.29, 0.717) is 19.5 Å². The van der Waals surface area contributed by atoms with Gasteiger partial charge in [-0.2, -0.15) is 0 Å². The average Bonchev–Trinajstić information content (AvgIpc) is 2.05. The van der Waals surface area contributed by atoms with Gasteiger partial charge < -0.3 is 5.32 Å². The molecule has 0 aliphatic heterocycles. The van der Waals surface area contributed by atoms with Crippen LogP contribution in [0.2, 0.25) is 0 Å². The van der Waals surface area contributed by atoms with E-state index in [4.69, 9.17) is 5.53 Å². The Bertz CT molecular complexity index is 174.